The van der Waals surface area contributed by atoms with Gasteiger partial charge in [0.1, 0.15) is 5.82 Å². The molecule has 0 amide bonds. The zero-order valence-electron chi connectivity index (χ0n) is 12.4. The molecule has 4 nitrogen and oxygen atoms in total. The minimum Gasteiger partial charge on any atom is -0.329 e. The summed E-state index contributed by atoms with van der Waals surface area (Å²) in [6.45, 7) is 1.93. The maximum Gasteiger partial charge on any atom is 0.419 e. The van der Waals surface area contributed by atoms with Gasteiger partial charge in [0, 0.05) is 12.6 Å². The van der Waals surface area contributed by atoms with Crippen LogP contribution in [0.3, 0.4) is 0 Å². The van der Waals surface area contributed by atoms with E-state index in [0.717, 1.165) is 18.9 Å². The van der Waals surface area contributed by atoms with Crippen LogP contribution in [0.25, 0.3) is 0 Å². The Bertz CT molecular complexity index is 608. The van der Waals surface area contributed by atoms with Crippen molar-refractivity contribution in [3.63, 3.8) is 0 Å². The largest absolute Gasteiger partial charge is 0.419 e. The first-order valence-corrected chi connectivity index (χ1v) is 8.19. The second kappa shape index (κ2) is 8.81. The van der Waals surface area contributed by atoms with Crippen LogP contribution in [0, 0.1) is 5.82 Å². The van der Waals surface area contributed by atoms with E-state index in [-0.39, 0.29) is 25.0 Å². The van der Waals surface area contributed by atoms with Gasteiger partial charge in [-0.3, -0.25) is 0 Å². The van der Waals surface area contributed by atoms with Crippen molar-refractivity contribution in [2.45, 2.75) is 43.3 Å². The molecule has 0 heterocycles. The van der Waals surface area contributed by atoms with Gasteiger partial charge in [-0.25, -0.2) is 17.5 Å². The van der Waals surface area contributed by atoms with Gasteiger partial charge in [0.15, 0.2) is 0 Å². The van der Waals surface area contributed by atoms with Crippen molar-refractivity contribution in [3.05, 3.63) is 29.6 Å². The molecule has 0 aromatic heterocycles. The van der Waals surface area contributed by atoms with Crippen molar-refractivity contribution in [3.8, 4) is 0 Å². The predicted octanol–water partition coefficient (Wildman–Crippen LogP) is 3.06. The fraction of sp³-hybridized carbons (Fsp3) is 0.538. The van der Waals surface area contributed by atoms with E-state index in [1.54, 1.807) is 0 Å². The molecule has 1 unspecified atom stereocenters. The molecule has 1 aromatic rings. The normalized spacial score (nSPS) is 13.5. The highest BCUT2D eigenvalue weighted by atomic mass is 35.5. The minimum atomic E-state index is -4.97. The average molecular weight is 379 g/mol. The SMILES string of the molecule is CCCCC(CN)NS(=O)(=O)c1ccc(F)c(C(F)(F)F)c1.Cl. The van der Waals surface area contributed by atoms with Crippen molar-refractivity contribution in [2.75, 3.05) is 6.54 Å². The lowest BCUT2D eigenvalue weighted by molar-refractivity contribution is -0.140. The Morgan fingerprint density at radius 1 is 1.30 bits per heavy atom. The summed E-state index contributed by atoms with van der Waals surface area (Å²) in [7, 11) is -4.20. The number of nitrogens with one attached hydrogen (secondary N) is 1. The molecule has 0 radical (unpaired) electrons. The molecular weight excluding hydrogens is 360 g/mol. The number of sulfonamides is 1. The highest BCUT2D eigenvalue weighted by Gasteiger charge is 2.35. The van der Waals surface area contributed by atoms with Crippen molar-refractivity contribution in [2.24, 2.45) is 5.73 Å². The second-order valence-corrected chi connectivity index (χ2v) is 6.55. The Hall–Kier alpha value is -0.900. The van der Waals surface area contributed by atoms with E-state index >= 15 is 0 Å². The predicted molar refractivity (Wildman–Crippen MR) is 81.3 cm³/mol. The fourth-order valence-electron chi connectivity index (χ4n) is 1.85. The van der Waals surface area contributed by atoms with Crippen LogP contribution in [-0.4, -0.2) is 21.0 Å². The monoisotopic (exact) mass is 378 g/mol. The van der Waals surface area contributed by atoms with Gasteiger partial charge in [-0.05, 0) is 24.6 Å². The van der Waals surface area contributed by atoms with Gasteiger partial charge in [-0.1, -0.05) is 19.8 Å². The molecule has 0 aliphatic heterocycles. The summed E-state index contributed by atoms with van der Waals surface area (Å²) in [4.78, 5) is -0.642. The van der Waals surface area contributed by atoms with Crippen LogP contribution in [0.15, 0.2) is 23.1 Å². The Balaban J connectivity index is 0.00000484. The van der Waals surface area contributed by atoms with Crippen molar-refractivity contribution in [1.29, 1.82) is 0 Å². The van der Waals surface area contributed by atoms with E-state index in [1.165, 1.54) is 0 Å². The lowest BCUT2D eigenvalue weighted by atomic mass is 10.1. The van der Waals surface area contributed by atoms with Gasteiger partial charge in [0.25, 0.3) is 0 Å². The molecule has 10 heteroatoms. The maximum atomic E-state index is 13.2. The summed E-state index contributed by atoms with van der Waals surface area (Å²) >= 11 is 0. The van der Waals surface area contributed by atoms with E-state index in [4.69, 9.17) is 5.73 Å². The molecule has 23 heavy (non-hydrogen) atoms. The van der Waals surface area contributed by atoms with Gasteiger partial charge >= 0.3 is 6.18 Å². The summed E-state index contributed by atoms with van der Waals surface area (Å²) in [6, 6.07) is 0.982. The highest BCUT2D eigenvalue weighted by molar-refractivity contribution is 7.89. The number of nitrogens with two attached hydrogens (primary N) is 1. The van der Waals surface area contributed by atoms with Gasteiger partial charge in [-0.2, -0.15) is 13.2 Å². The Labute approximate surface area is 138 Å². The average Bonchev–Trinajstić information content (AvgIpc) is 2.42. The van der Waals surface area contributed by atoms with Crippen LogP contribution in [0.4, 0.5) is 17.6 Å². The molecule has 0 fully saturated rings. The molecule has 1 rings (SSSR count). The second-order valence-electron chi connectivity index (χ2n) is 4.84. The molecule has 134 valence electrons. The minimum absolute atomic E-state index is 0. The Morgan fingerprint density at radius 2 is 1.91 bits per heavy atom. The number of unbranched alkanes of at least 4 members (excludes halogenated alkanes) is 1. The smallest absolute Gasteiger partial charge is 0.329 e. The molecular formula is C13H19ClF4N2O2S. The third-order valence-electron chi connectivity index (χ3n) is 3.07. The van der Waals surface area contributed by atoms with Gasteiger partial charge in [-0.15, -0.1) is 12.4 Å². The van der Waals surface area contributed by atoms with Crippen molar-refractivity contribution in [1.82, 2.24) is 4.72 Å². The summed E-state index contributed by atoms with van der Waals surface area (Å²) in [5.41, 5.74) is 3.84. The summed E-state index contributed by atoms with van der Waals surface area (Å²) in [5.74, 6) is -1.52. The van der Waals surface area contributed by atoms with Crippen LogP contribution in [0.2, 0.25) is 0 Å². The number of rotatable bonds is 7. The van der Waals surface area contributed by atoms with Gasteiger partial charge < -0.3 is 5.73 Å². The molecule has 0 aliphatic rings. The third-order valence-corrected chi connectivity index (χ3v) is 4.58. The number of alkyl halides is 3. The highest BCUT2D eigenvalue weighted by Crippen LogP contribution is 2.32. The molecule has 1 atom stereocenters. The van der Waals surface area contributed by atoms with Crippen LogP contribution < -0.4 is 10.5 Å². The zero-order valence-corrected chi connectivity index (χ0v) is 14.0. The zero-order chi connectivity index (χ0) is 17.0. The molecule has 0 bridgehead atoms. The van der Waals surface area contributed by atoms with Crippen LogP contribution in [0.5, 0.6) is 0 Å². The number of benzene rings is 1. The standard InChI is InChI=1S/C13H18F4N2O2S.ClH/c1-2-3-4-9(8-18)19-22(20,21)10-5-6-12(14)11(7-10)13(15,16)17;/h5-7,9,19H,2-4,8,18H2,1H3;1H. The van der Waals surface area contributed by atoms with E-state index < -0.39 is 38.5 Å². The number of hydrogen-bond acceptors (Lipinski definition) is 3. The van der Waals surface area contributed by atoms with E-state index in [2.05, 4.69) is 4.72 Å². The fourth-order valence-corrected chi connectivity index (χ4v) is 3.16. The van der Waals surface area contributed by atoms with E-state index in [0.29, 0.717) is 12.5 Å². The molecule has 0 saturated carbocycles. The molecule has 3 N–H and O–H groups in total. The molecule has 0 saturated heterocycles. The summed E-state index contributed by atoms with van der Waals surface area (Å²) in [5, 5.41) is 0. The van der Waals surface area contributed by atoms with E-state index in [1.807, 2.05) is 6.92 Å². The van der Waals surface area contributed by atoms with Crippen LogP contribution in [-0.2, 0) is 16.2 Å². The Morgan fingerprint density at radius 3 is 2.39 bits per heavy atom. The van der Waals surface area contributed by atoms with Crippen LogP contribution in [0.1, 0.15) is 31.7 Å². The summed E-state index contributed by atoms with van der Waals surface area (Å²) in [6.07, 6.45) is -2.95. The van der Waals surface area contributed by atoms with Gasteiger partial charge in [0.2, 0.25) is 10.0 Å². The van der Waals surface area contributed by atoms with Crippen molar-refractivity contribution >= 4 is 22.4 Å². The quantitative estimate of drug-likeness (QED) is 0.716. The topological polar surface area (TPSA) is 72.2 Å². The first-order chi connectivity index (χ1) is 10.1. The molecule has 0 aliphatic carbocycles. The van der Waals surface area contributed by atoms with Gasteiger partial charge in [0.05, 0.1) is 10.5 Å². The first kappa shape index (κ1) is 22.1. The Kier molecular flexibility index (Phi) is 8.47. The van der Waals surface area contributed by atoms with Crippen LogP contribution >= 0.6 is 12.4 Å². The first-order valence-electron chi connectivity index (χ1n) is 6.71. The summed E-state index contributed by atoms with van der Waals surface area (Å²) < 4.78 is 77.6. The number of halogens is 5. The lowest BCUT2D eigenvalue weighted by Crippen LogP contribution is -2.40. The molecule has 0 spiro atoms. The third kappa shape index (κ3) is 6.25. The van der Waals surface area contributed by atoms with E-state index in [9.17, 15) is 26.0 Å². The lowest BCUT2D eigenvalue weighted by Gasteiger charge is -2.17. The van der Waals surface area contributed by atoms with Crippen molar-refractivity contribution < 1.29 is 26.0 Å². The maximum absolute atomic E-state index is 13.2. The molecule has 1 aromatic carbocycles. The number of hydrogen-bond donors (Lipinski definition) is 2.